The van der Waals surface area contributed by atoms with Gasteiger partial charge < -0.3 is 9.15 Å². The number of nitro benzene ring substituents is 1. The molecule has 3 aromatic rings. The van der Waals surface area contributed by atoms with Crippen LogP contribution < -0.4 is 20.9 Å². The molecule has 2 amide bonds. The van der Waals surface area contributed by atoms with Crippen LogP contribution >= 0.6 is 23.8 Å². The molecule has 0 aliphatic heterocycles. The van der Waals surface area contributed by atoms with Gasteiger partial charge in [-0.05, 0) is 54.7 Å². The van der Waals surface area contributed by atoms with Crippen molar-refractivity contribution in [1.82, 2.24) is 16.2 Å². The van der Waals surface area contributed by atoms with Crippen LogP contribution in [0.1, 0.15) is 10.6 Å². The second kappa shape index (κ2) is 10.4. The van der Waals surface area contributed by atoms with Crippen molar-refractivity contribution in [2.24, 2.45) is 0 Å². The molecule has 164 valence electrons. The van der Waals surface area contributed by atoms with E-state index >= 15 is 0 Å². The molecule has 32 heavy (non-hydrogen) atoms. The summed E-state index contributed by atoms with van der Waals surface area (Å²) < 4.78 is 10.7. The van der Waals surface area contributed by atoms with Crippen LogP contribution in [0.15, 0.2) is 65.1 Å². The number of carbonyl (C=O) groups excluding carboxylic acids is 2. The second-order valence-corrected chi connectivity index (χ2v) is 7.02. The number of halogens is 1. The zero-order chi connectivity index (χ0) is 23.1. The average molecular weight is 475 g/mol. The Balaban J connectivity index is 1.45. The molecule has 12 heteroatoms. The van der Waals surface area contributed by atoms with Crippen LogP contribution in [0, 0.1) is 10.1 Å². The van der Waals surface area contributed by atoms with Crippen molar-refractivity contribution in [3.63, 3.8) is 0 Å². The molecule has 0 spiro atoms. The molecule has 1 heterocycles. The number of benzene rings is 2. The molecule has 0 saturated heterocycles. The molecule has 0 aliphatic carbocycles. The Morgan fingerprint density at radius 3 is 2.56 bits per heavy atom. The summed E-state index contributed by atoms with van der Waals surface area (Å²) in [5, 5.41) is 13.5. The lowest BCUT2D eigenvalue weighted by Crippen LogP contribution is -2.49. The fourth-order valence-electron chi connectivity index (χ4n) is 2.42. The van der Waals surface area contributed by atoms with E-state index < -0.39 is 23.3 Å². The minimum absolute atomic E-state index is 0.0134. The highest BCUT2D eigenvalue weighted by Gasteiger charge is 2.14. The summed E-state index contributed by atoms with van der Waals surface area (Å²) in [5.74, 6) is -0.614. The van der Waals surface area contributed by atoms with Crippen LogP contribution in [0.3, 0.4) is 0 Å². The standard InChI is InChI=1S/C20H15ClN4O6S/c21-13-6-4-12(5-7-13)16-8-9-17(31-16)19(27)22-20(32)24-23-18(26)11-30-15-3-1-2-14(10-15)25(28)29/h1-10H,11H2,(H,23,26)(H2,22,24,27,32). The van der Waals surface area contributed by atoms with Gasteiger partial charge >= 0.3 is 0 Å². The highest BCUT2D eigenvalue weighted by Crippen LogP contribution is 2.23. The molecule has 0 fully saturated rings. The van der Waals surface area contributed by atoms with Gasteiger partial charge in [-0.15, -0.1) is 0 Å². The summed E-state index contributed by atoms with van der Waals surface area (Å²) in [7, 11) is 0. The number of non-ortho nitro benzene ring substituents is 1. The zero-order valence-electron chi connectivity index (χ0n) is 16.2. The number of carbonyl (C=O) groups is 2. The first-order valence-corrected chi connectivity index (χ1v) is 9.73. The van der Waals surface area contributed by atoms with E-state index in [0.29, 0.717) is 10.8 Å². The van der Waals surface area contributed by atoms with Gasteiger partial charge in [-0.2, -0.15) is 0 Å². The number of amides is 2. The van der Waals surface area contributed by atoms with E-state index in [2.05, 4.69) is 16.2 Å². The van der Waals surface area contributed by atoms with E-state index in [1.165, 1.54) is 30.3 Å². The number of nitrogens with zero attached hydrogens (tertiary/aromatic N) is 1. The van der Waals surface area contributed by atoms with Gasteiger partial charge in [0.05, 0.1) is 11.0 Å². The zero-order valence-corrected chi connectivity index (χ0v) is 17.7. The molecule has 1 aromatic heterocycles. The molecule has 3 rings (SSSR count). The van der Waals surface area contributed by atoms with Gasteiger partial charge in [0.1, 0.15) is 11.5 Å². The van der Waals surface area contributed by atoms with Crippen molar-refractivity contribution in [2.75, 3.05) is 6.61 Å². The van der Waals surface area contributed by atoms with Gasteiger partial charge in [0, 0.05) is 16.7 Å². The monoisotopic (exact) mass is 474 g/mol. The van der Waals surface area contributed by atoms with Crippen LogP contribution in [0.4, 0.5) is 5.69 Å². The summed E-state index contributed by atoms with van der Waals surface area (Å²) in [4.78, 5) is 34.3. The summed E-state index contributed by atoms with van der Waals surface area (Å²) in [6.45, 7) is -0.437. The van der Waals surface area contributed by atoms with Crippen molar-refractivity contribution in [2.45, 2.75) is 0 Å². The maximum absolute atomic E-state index is 12.3. The van der Waals surface area contributed by atoms with Crippen LogP contribution in [0.25, 0.3) is 11.3 Å². The van der Waals surface area contributed by atoms with Crippen molar-refractivity contribution in [3.8, 4) is 17.1 Å². The van der Waals surface area contributed by atoms with E-state index in [4.69, 9.17) is 33.0 Å². The Bertz CT molecular complexity index is 1160. The molecule has 3 N–H and O–H groups in total. The molecule has 2 aromatic carbocycles. The Labute approximate surface area is 191 Å². The summed E-state index contributed by atoms with van der Waals surface area (Å²) in [6.07, 6.45) is 0. The molecule has 0 atom stereocenters. The lowest BCUT2D eigenvalue weighted by Gasteiger charge is -2.10. The number of nitrogens with one attached hydrogen (secondary N) is 3. The highest BCUT2D eigenvalue weighted by atomic mass is 35.5. The predicted molar refractivity (Wildman–Crippen MR) is 119 cm³/mol. The third kappa shape index (κ3) is 6.27. The maximum Gasteiger partial charge on any atom is 0.293 e. The number of ether oxygens (including phenoxy) is 1. The van der Waals surface area contributed by atoms with E-state index in [1.807, 2.05) is 0 Å². The van der Waals surface area contributed by atoms with Crippen LogP contribution in [0.2, 0.25) is 5.02 Å². The average Bonchev–Trinajstić information content (AvgIpc) is 3.27. The van der Waals surface area contributed by atoms with Gasteiger partial charge in [0.2, 0.25) is 0 Å². The van der Waals surface area contributed by atoms with Gasteiger partial charge in [-0.1, -0.05) is 17.7 Å². The van der Waals surface area contributed by atoms with E-state index in [-0.39, 0.29) is 22.3 Å². The Kier molecular flexibility index (Phi) is 7.37. The molecule has 10 nitrogen and oxygen atoms in total. The van der Waals surface area contributed by atoms with Gasteiger partial charge in [0.25, 0.3) is 17.5 Å². The minimum atomic E-state index is -0.629. The van der Waals surface area contributed by atoms with E-state index in [9.17, 15) is 19.7 Å². The van der Waals surface area contributed by atoms with Crippen molar-refractivity contribution >= 4 is 46.4 Å². The quantitative estimate of drug-likeness (QED) is 0.281. The van der Waals surface area contributed by atoms with E-state index in [0.717, 1.165) is 5.56 Å². The number of nitro groups is 1. The molecular formula is C20H15ClN4O6S. The molecular weight excluding hydrogens is 460 g/mol. The number of rotatable bonds is 6. The van der Waals surface area contributed by atoms with Crippen LogP contribution in [0.5, 0.6) is 5.75 Å². The number of hydrazine groups is 1. The third-order valence-corrected chi connectivity index (χ3v) is 4.36. The summed E-state index contributed by atoms with van der Waals surface area (Å²) >= 11 is 10.8. The predicted octanol–water partition coefficient (Wildman–Crippen LogP) is 3.22. The first-order chi connectivity index (χ1) is 15.3. The molecule has 0 saturated carbocycles. The topological polar surface area (TPSA) is 136 Å². The third-order valence-electron chi connectivity index (χ3n) is 3.90. The van der Waals surface area contributed by atoms with Crippen molar-refractivity contribution in [1.29, 1.82) is 0 Å². The molecule has 0 bridgehead atoms. The second-order valence-electron chi connectivity index (χ2n) is 6.17. The Morgan fingerprint density at radius 1 is 1.09 bits per heavy atom. The van der Waals surface area contributed by atoms with Crippen molar-refractivity contribution in [3.05, 3.63) is 81.6 Å². The number of hydrogen-bond donors (Lipinski definition) is 3. The first-order valence-electron chi connectivity index (χ1n) is 8.95. The molecule has 0 aliphatic rings. The fourth-order valence-corrected chi connectivity index (χ4v) is 2.69. The van der Waals surface area contributed by atoms with E-state index in [1.54, 1.807) is 30.3 Å². The van der Waals surface area contributed by atoms with Gasteiger partial charge in [0.15, 0.2) is 17.5 Å². The maximum atomic E-state index is 12.3. The lowest BCUT2D eigenvalue weighted by molar-refractivity contribution is -0.384. The summed E-state index contributed by atoms with van der Waals surface area (Å²) in [6, 6.07) is 15.4. The van der Waals surface area contributed by atoms with Crippen LogP contribution in [-0.2, 0) is 4.79 Å². The van der Waals surface area contributed by atoms with Gasteiger partial charge in [-0.3, -0.25) is 35.9 Å². The van der Waals surface area contributed by atoms with Gasteiger partial charge in [-0.25, -0.2) is 0 Å². The van der Waals surface area contributed by atoms with Crippen molar-refractivity contribution < 1.29 is 23.7 Å². The lowest BCUT2D eigenvalue weighted by atomic mass is 10.2. The summed E-state index contributed by atoms with van der Waals surface area (Å²) in [5.41, 5.74) is 5.16. The minimum Gasteiger partial charge on any atom is -0.483 e. The SMILES string of the molecule is O=C(COc1cccc([N+](=O)[O-])c1)NNC(=S)NC(=O)c1ccc(-c2ccc(Cl)cc2)o1. The largest absolute Gasteiger partial charge is 0.483 e. The number of furan rings is 1. The van der Waals surface area contributed by atoms with Crippen LogP contribution in [-0.4, -0.2) is 28.5 Å². The number of thiocarbonyl (C=S) groups is 1. The smallest absolute Gasteiger partial charge is 0.293 e. The fraction of sp³-hybridized carbons (Fsp3) is 0.0500. The normalized spacial score (nSPS) is 10.2. The Hall–Kier alpha value is -3.96. The highest BCUT2D eigenvalue weighted by molar-refractivity contribution is 7.80. The Morgan fingerprint density at radius 2 is 1.84 bits per heavy atom. The molecule has 0 unspecified atom stereocenters. The first kappa shape index (κ1) is 22.7. The molecule has 0 radical (unpaired) electrons. The number of hydrogen-bond acceptors (Lipinski definition) is 7.